The van der Waals surface area contributed by atoms with Crippen LogP contribution in [0.4, 0.5) is 0 Å². The number of hydrogen-bond acceptors (Lipinski definition) is 5. The van der Waals surface area contributed by atoms with E-state index in [0.29, 0.717) is 11.5 Å². The molecule has 2 rings (SSSR count). The number of aromatic carboxylic acids is 1. The number of carboxylic acids is 1. The third kappa shape index (κ3) is 1.80. The van der Waals surface area contributed by atoms with Crippen molar-refractivity contribution in [3.8, 4) is 5.82 Å². The Morgan fingerprint density at radius 3 is 2.87 bits per heavy atom. The molecule has 0 radical (unpaired) electrons. The molecule has 7 heteroatoms. The van der Waals surface area contributed by atoms with Crippen LogP contribution in [0.25, 0.3) is 5.82 Å². The van der Waals surface area contributed by atoms with Crippen LogP contribution in [0.5, 0.6) is 0 Å². The van der Waals surface area contributed by atoms with E-state index < -0.39 is 5.97 Å². The molecule has 0 atom stereocenters. The molecular weight excluding hydrogens is 198 g/mol. The highest BCUT2D eigenvalue weighted by molar-refractivity contribution is 5.83. The SMILES string of the molecule is Cc1cc(-n2cncn2)nc(C(=O)O)n1. The highest BCUT2D eigenvalue weighted by Gasteiger charge is 2.10. The number of aryl methyl sites for hydroxylation is 1. The Labute approximate surface area is 84.4 Å². The van der Waals surface area contributed by atoms with Gasteiger partial charge in [0.05, 0.1) is 0 Å². The van der Waals surface area contributed by atoms with Crippen molar-refractivity contribution in [2.24, 2.45) is 0 Å². The molecule has 0 fully saturated rings. The van der Waals surface area contributed by atoms with Gasteiger partial charge in [0.2, 0.25) is 5.82 Å². The Morgan fingerprint density at radius 1 is 1.47 bits per heavy atom. The van der Waals surface area contributed by atoms with Gasteiger partial charge in [-0.05, 0) is 6.92 Å². The molecule has 0 aliphatic rings. The quantitative estimate of drug-likeness (QED) is 0.745. The normalized spacial score (nSPS) is 10.2. The Hall–Kier alpha value is -2.31. The first kappa shape index (κ1) is 9.25. The van der Waals surface area contributed by atoms with E-state index in [2.05, 4.69) is 20.1 Å². The van der Waals surface area contributed by atoms with E-state index in [1.54, 1.807) is 13.0 Å². The predicted octanol–water partition coefficient (Wildman–Crippen LogP) is 0.0639. The summed E-state index contributed by atoms with van der Waals surface area (Å²) in [6.07, 6.45) is 2.78. The van der Waals surface area contributed by atoms with Crippen molar-refractivity contribution in [2.75, 3.05) is 0 Å². The molecule has 0 aromatic carbocycles. The van der Waals surface area contributed by atoms with Crippen molar-refractivity contribution in [1.29, 1.82) is 0 Å². The fourth-order valence-corrected chi connectivity index (χ4v) is 1.09. The number of nitrogens with zero attached hydrogens (tertiary/aromatic N) is 5. The van der Waals surface area contributed by atoms with E-state index in [-0.39, 0.29) is 5.82 Å². The highest BCUT2D eigenvalue weighted by atomic mass is 16.4. The van der Waals surface area contributed by atoms with Gasteiger partial charge in [0.25, 0.3) is 0 Å². The molecule has 76 valence electrons. The molecule has 2 aromatic heterocycles. The van der Waals surface area contributed by atoms with Crippen LogP contribution in [0, 0.1) is 6.92 Å². The average Bonchev–Trinajstić information content (AvgIpc) is 2.69. The number of carboxylic acid groups (broad SMARTS) is 1. The average molecular weight is 205 g/mol. The predicted molar refractivity (Wildman–Crippen MR) is 48.6 cm³/mol. The van der Waals surface area contributed by atoms with E-state index in [0.717, 1.165) is 0 Å². The second kappa shape index (κ2) is 3.45. The van der Waals surface area contributed by atoms with Crippen LogP contribution in [0.15, 0.2) is 18.7 Å². The summed E-state index contributed by atoms with van der Waals surface area (Å²) in [7, 11) is 0. The molecule has 15 heavy (non-hydrogen) atoms. The van der Waals surface area contributed by atoms with Gasteiger partial charge in [-0.2, -0.15) is 5.10 Å². The summed E-state index contributed by atoms with van der Waals surface area (Å²) in [6.45, 7) is 1.69. The summed E-state index contributed by atoms with van der Waals surface area (Å²) in [5.41, 5.74) is 0.563. The molecule has 0 unspecified atom stereocenters. The minimum Gasteiger partial charge on any atom is -0.475 e. The minimum atomic E-state index is -1.17. The van der Waals surface area contributed by atoms with E-state index in [1.807, 2.05) is 0 Å². The Balaban J connectivity index is 2.54. The summed E-state index contributed by atoms with van der Waals surface area (Å²) in [5.74, 6) is -1.03. The summed E-state index contributed by atoms with van der Waals surface area (Å²) >= 11 is 0. The molecule has 2 aromatic rings. The molecule has 0 saturated heterocycles. The maximum absolute atomic E-state index is 10.7. The first-order valence-electron chi connectivity index (χ1n) is 4.11. The van der Waals surface area contributed by atoms with Crippen LogP contribution in [-0.2, 0) is 0 Å². The van der Waals surface area contributed by atoms with Crippen molar-refractivity contribution in [3.05, 3.63) is 30.2 Å². The maximum Gasteiger partial charge on any atom is 0.374 e. The Morgan fingerprint density at radius 2 is 2.27 bits per heavy atom. The van der Waals surface area contributed by atoms with Crippen molar-refractivity contribution in [1.82, 2.24) is 24.7 Å². The van der Waals surface area contributed by atoms with Crippen molar-refractivity contribution in [3.63, 3.8) is 0 Å². The van der Waals surface area contributed by atoms with Crippen molar-refractivity contribution < 1.29 is 9.90 Å². The molecule has 0 amide bonds. The smallest absolute Gasteiger partial charge is 0.374 e. The van der Waals surface area contributed by atoms with Crippen LogP contribution in [0.2, 0.25) is 0 Å². The van der Waals surface area contributed by atoms with Gasteiger partial charge in [-0.1, -0.05) is 0 Å². The standard InChI is InChI=1S/C8H7N5O2/c1-5-2-6(13-4-9-3-10-13)12-7(11-5)8(14)15/h2-4H,1H3,(H,14,15). The molecule has 0 aliphatic carbocycles. The van der Waals surface area contributed by atoms with Gasteiger partial charge in [0.15, 0.2) is 5.82 Å². The van der Waals surface area contributed by atoms with Crippen molar-refractivity contribution in [2.45, 2.75) is 6.92 Å². The second-order valence-electron chi connectivity index (χ2n) is 2.84. The van der Waals surface area contributed by atoms with Gasteiger partial charge >= 0.3 is 5.97 Å². The van der Waals surface area contributed by atoms with Gasteiger partial charge in [-0.3, -0.25) is 0 Å². The van der Waals surface area contributed by atoms with Crippen LogP contribution in [-0.4, -0.2) is 35.8 Å². The first-order chi connectivity index (χ1) is 7.16. The van der Waals surface area contributed by atoms with E-state index in [4.69, 9.17) is 5.11 Å². The first-order valence-corrected chi connectivity index (χ1v) is 4.11. The Bertz CT molecular complexity index is 494. The van der Waals surface area contributed by atoms with Crippen LogP contribution in [0.1, 0.15) is 16.3 Å². The lowest BCUT2D eigenvalue weighted by Gasteiger charge is -2.01. The third-order valence-corrected chi connectivity index (χ3v) is 1.69. The van der Waals surface area contributed by atoms with Crippen LogP contribution < -0.4 is 0 Å². The molecule has 0 saturated carbocycles. The van der Waals surface area contributed by atoms with E-state index >= 15 is 0 Å². The second-order valence-corrected chi connectivity index (χ2v) is 2.84. The number of carbonyl (C=O) groups is 1. The molecule has 2 heterocycles. The minimum absolute atomic E-state index is 0.250. The molecule has 7 nitrogen and oxygen atoms in total. The molecule has 0 aliphatic heterocycles. The fourth-order valence-electron chi connectivity index (χ4n) is 1.09. The van der Waals surface area contributed by atoms with Crippen LogP contribution in [0.3, 0.4) is 0 Å². The topological polar surface area (TPSA) is 93.8 Å². The van der Waals surface area contributed by atoms with Crippen LogP contribution >= 0.6 is 0 Å². The lowest BCUT2D eigenvalue weighted by Crippen LogP contribution is -2.09. The van der Waals surface area contributed by atoms with E-state index in [9.17, 15) is 4.79 Å². The number of aromatic nitrogens is 5. The zero-order chi connectivity index (χ0) is 10.8. The molecule has 0 bridgehead atoms. The lowest BCUT2D eigenvalue weighted by molar-refractivity contribution is 0.0683. The summed E-state index contributed by atoms with van der Waals surface area (Å²) in [5, 5.41) is 12.6. The highest BCUT2D eigenvalue weighted by Crippen LogP contribution is 2.04. The molecule has 1 N–H and O–H groups in total. The molecule has 0 spiro atoms. The fraction of sp³-hybridized carbons (Fsp3) is 0.125. The zero-order valence-electron chi connectivity index (χ0n) is 7.82. The molecular formula is C8H7N5O2. The monoisotopic (exact) mass is 205 g/mol. The van der Waals surface area contributed by atoms with Gasteiger partial charge < -0.3 is 5.11 Å². The summed E-state index contributed by atoms with van der Waals surface area (Å²) in [4.78, 5) is 22.0. The largest absolute Gasteiger partial charge is 0.475 e. The van der Waals surface area contributed by atoms with Gasteiger partial charge in [0.1, 0.15) is 12.7 Å². The third-order valence-electron chi connectivity index (χ3n) is 1.69. The summed E-state index contributed by atoms with van der Waals surface area (Å²) in [6, 6.07) is 1.63. The zero-order valence-corrected chi connectivity index (χ0v) is 7.82. The van der Waals surface area contributed by atoms with Gasteiger partial charge in [0, 0.05) is 11.8 Å². The Kier molecular flexibility index (Phi) is 2.13. The summed E-state index contributed by atoms with van der Waals surface area (Å²) < 4.78 is 1.38. The van der Waals surface area contributed by atoms with Gasteiger partial charge in [-0.25, -0.2) is 24.4 Å². The van der Waals surface area contributed by atoms with Gasteiger partial charge in [-0.15, -0.1) is 0 Å². The lowest BCUT2D eigenvalue weighted by atomic mass is 10.4. The van der Waals surface area contributed by atoms with E-state index in [1.165, 1.54) is 17.3 Å². The van der Waals surface area contributed by atoms with Crippen molar-refractivity contribution >= 4 is 5.97 Å². The number of rotatable bonds is 2. The maximum atomic E-state index is 10.7. The number of hydrogen-bond donors (Lipinski definition) is 1.